The third kappa shape index (κ3) is 5.92. The highest BCUT2D eigenvalue weighted by Gasteiger charge is 2.22. The summed E-state index contributed by atoms with van der Waals surface area (Å²) >= 11 is 0. The van der Waals surface area contributed by atoms with Gasteiger partial charge in [-0.1, -0.05) is 24.3 Å². The number of carbonyl (C=O) groups is 1. The molecule has 1 aromatic heterocycles. The van der Waals surface area contributed by atoms with Crippen LogP contribution in [0.2, 0.25) is 0 Å². The number of nitrogens with zero attached hydrogens (tertiary/aromatic N) is 3. The van der Waals surface area contributed by atoms with E-state index in [9.17, 15) is 4.79 Å². The molecule has 1 fully saturated rings. The number of amides is 1. The number of carbonyl (C=O) groups excluding carboxylic acids is 1. The zero-order valence-electron chi connectivity index (χ0n) is 19.7. The molecule has 1 amide bonds. The molecule has 1 aliphatic carbocycles. The molecule has 1 aliphatic rings. The molecule has 0 atom stereocenters. The third-order valence-electron chi connectivity index (χ3n) is 6.27. The van der Waals surface area contributed by atoms with Gasteiger partial charge < -0.3 is 20.3 Å². The van der Waals surface area contributed by atoms with Crippen molar-refractivity contribution in [2.75, 3.05) is 38.0 Å². The summed E-state index contributed by atoms with van der Waals surface area (Å²) in [7, 11) is 5.65. The summed E-state index contributed by atoms with van der Waals surface area (Å²) in [6, 6.07) is 16.1. The zero-order chi connectivity index (χ0) is 23.2. The summed E-state index contributed by atoms with van der Waals surface area (Å²) in [6.45, 7) is 0.729. The molecule has 2 N–H and O–H groups in total. The Hall–Kier alpha value is -3.35. The molecular formula is C26H33N5O2. The minimum absolute atomic E-state index is 0.0595. The number of rotatable bonds is 8. The number of methoxy groups -OCH3 is 1. The quantitative estimate of drug-likeness (QED) is 0.543. The minimum Gasteiger partial charge on any atom is -0.497 e. The van der Waals surface area contributed by atoms with Crippen LogP contribution in [0, 0.1) is 5.92 Å². The Morgan fingerprint density at radius 2 is 1.85 bits per heavy atom. The van der Waals surface area contributed by atoms with E-state index in [4.69, 9.17) is 14.7 Å². The lowest BCUT2D eigenvalue weighted by Crippen LogP contribution is -2.34. The van der Waals surface area contributed by atoms with Gasteiger partial charge in [0.25, 0.3) is 0 Å². The third-order valence-corrected chi connectivity index (χ3v) is 6.27. The number of benzene rings is 2. The molecule has 1 saturated carbocycles. The van der Waals surface area contributed by atoms with Gasteiger partial charge in [0.05, 0.1) is 19.0 Å². The standard InChI is InChI=1S/C26H33N5O2/c1-31(2)25-22-9-4-5-10-23(22)29-26(30-25)28-20-13-11-18(12-14-20)17-27-24(32)16-19-7-6-8-21(15-19)33-3/h4-10,15,18,20H,11-14,16-17H2,1-3H3,(H,27,32)(H,28,29,30)/t18-,20+. The van der Waals surface area contributed by atoms with E-state index in [-0.39, 0.29) is 5.91 Å². The van der Waals surface area contributed by atoms with Crippen LogP contribution in [-0.4, -0.2) is 49.7 Å². The van der Waals surface area contributed by atoms with Gasteiger partial charge in [-0.3, -0.25) is 4.79 Å². The van der Waals surface area contributed by atoms with Gasteiger partial charge in [-0.25, -0.2) is 4.98 Å². The highest BCUT2D eigenvalue weighted by Crippen LogP contribution is 2.28. The largest absolute Gasteiger partial charge is 0.497 e. The summed E-state index contributed by atoms with van der Waals surface area (Å²) in [5, 5.41) is 7.72. The van der Waals surface area contributed by atoms with E-state index in [1.165, 1.54) is 0 Å². The zero-order valence-corrected chi connectivity index (χ0v) is 19.7. The van der Waals surface area contributed by atoms with Gasteiger partial charge in [0.2, 0.25) is 11.9 Å². The van der Waals surface area contributed by atoms with Gasteiger partial charge in [0.15, 0.2) is 0 Å². The number of aromatic nitrogens is 2. The fraction of sp³-hybridized carbons (Fsp3) is 0.423. The van der Waals surface area contributed by atoms with Crippen molar-refractivity contribution < 1.29 is 9.53 Å². The molecule has 33 heavy (non-hydrogen) atoms. The van der Waals surface area contributed by atoms with Crippen molar-refractivity contribution in [2.24, 2.45) is 5.92 Å². The number of para-hydroxylation sites is 1. The molecule has 0 saturated heterocycles. The van der Waals surface area contributed by atoms with Crippen molar-refractivity contribution >= 4 is 28.6 Å². The summed E-state index contributed by atoms with van der Waals surface area (Å²) in [5.41, 5.74) is 1.92. The smallest absolute Gasteiger partial charge is 0.225 e. The van der Waals surface area contributed by atoms with E-state index in [2.05, 4.69) is 16.7 Å². The predicted octanol–water partition coefficient (Wildman–Crippen LogP) is 4.03. The average molecular weight is 448 g/mol. The molecule has 174 valence electrons. The SMILES string of the molecule is COc1cccc(CC(=O)NC[C@H]2CC[C@@H](Nc3nc(N(C)C)c4ccccc4n3)CC2)c1. The van der Waals surface area contributed by atoms with Crippen LogP contribution >= 0.6 is 0 Å². The Morgan fingerprint density at radius 3 is 2.61 bits per heavy atom. The first-order chi connectivity index (χ1) is 16.0. The second kappa shape index (κ2) is 10.5. The Kier molecular flexibility index (Phi) is 7.27. The monoisotopic (exact) mass is 447 g/mol. The number of ether oxygens (including phenoxy) is 1. The number of nitrogens with one attached hydrogen (secondary N) is 2. The molecule has 0 radical (unpaired) electrons. The van der Waals surface area contributed by atoms with Crippen LogP contribution in [0.4, 0.5) is 11.8 Å². The molecule has 0 bridgehead atoms. The fourth-order valence-electron chi connectivity index (χ4n) is 4.45. The van der Waals surface area contributed by atoms with Crippen LogP contribution in [0.25, 0.3) is 10.9 Å². The van der Waals surface area contributed by atoms with E-state index in [0.717, 1.165) is 60.3 Å². The summed E-state index contributed by atoms with van der Waals surface area (Å²) in [6.07, 6.45) is 4.62. The Morgan fingerprint density at radius 1 is 1.06 bits per heavy atom. The van der Waals surface area contributed by atoms with Crippen molar-refractivity contribution in [3.63, 3.8) is 0 Å². The lowest BCUT2D eigenvalue weighted by molar-refractivity contribution is -0.120. The highest BCUT2D eigenvalue weighted by molar-refractivity contribution is 5.90. The van der Waals surface area contributed by atoms with E-state index in [0.29, 0.717) is 24.3 Å². The maximum atomic E-state index is 12.4. The lowest BCUT2D eigenvalue weighted by atomic mass is 9.86. The fourth-order valence-corrected chi connectivity index (χ4v) is 4.45. The van der Waals surface area contributed by atoms with Gasteiger partial charge >= 0.3 is 0 Å². The van der Waals surface area contributed by atoms with Crippen molar-refractivity contribution in [1.82, 2.24) is 15.3 Å². The van der Waals surface area contributed by atoms with Gasteiger partial charge in [0, 0.05) is 32.1 Å². The van der Waals surface area contributed by atoms with Gasteiger partial charge in [-0.15, -0.1) is 0 Å². The Balaban J connectivity index is 1.26. The summed E-state index contributed by atoms with van der Waals surface area (Å²) in [5.74, 6) is 2.96. The first-order valence-electron chi connectivity index (χ1n) is 11.6. The number of fused-ring (bicyclic) bond motifs is 1. The van der Waals surface area contributed by atoms with Gasteiger partial charge in [0.1, 0.15) is 11.6 Å². The molecule has 7 nitrogen and oxygen atoms in total. The second-order valence-corrected chi connectivity index (χ2v) is 8.98. The van der Waals surface area contributed by atoms with Crippen molar-refractivity contribution in [3.8, 4) is 5.75 Å². The van der Waals surface area contributed by atoms with Crippen LogP contribution in [0.1, 0.15) is 31.2 Å². The van der Waals surface area contributed by atoms with Gasteiger partial charge in [-0.2, -0.15) is 4.98 Å². The topological polar surface area (TPSA) is 79.4 Å². The van der Waals surface area contributed by atoms with E-state index in [1.54, 1.807) is 7.11 Å². The Bertz CT molecular complexity index is 1090. The van der Waals surface area contributed by atoms with Crippen molar-refractivity contribution in [1.29, 1.82) is 0 Å². The molecular weight excluding hydrogens is 414 g/mol. The first-order valence-corrected chi connectivity index (χ1v) is 11.6. The van der Waals surface area contributed by atoms with Crippen molar-refractivity contribution in [2.45, 2.75) is 38.1 Å². The summed E-state index contributed by atoms with van der Waals surface area (Å²) in [4.78, 5) is 23.9. The van der Waals surface area contributed by atoms with Crippen LogP contribution in [-0.2, 0) is 11.2 Å². The first kappa shape index (κ1) is 22.8. The van der Waals surface area contributed by atoms with Gasteiger partial charge in [-0.05, 0) is 61.4 Å². The summed E-state index contributed by atoms with van der Waals surface area (Å²) < 4.78 is 5.23. The highest BCUT2D eigenvalue weighted by atomic mass is 16.5. The van der Waals surface area contributed by atoms with E-state index >= 15 is 0 Å². The molecule has 4 rings (SSSR count). The lowest BCUT2D eigenvalue weighted by Gasteiger charge is -2.29. The Labute approximate surface area is 195 Å². The van der Waals surface area contributed by atoms with Crippen LogP contribution in [0.3, 0.4) is 0 Å². The van der Waals surface area contributed by atoms with Crippen molar-refractivity contribution in [3.05, 3.63) is 54.1 Å². The molecule has 1 heterocycles. The van der Waals surface area contributed by atoms with Crippen LogP contribution in [0.15, 0.2) is 48.5 Å². The molecule has 7 heteroatoms. The van der Waals surface area contributed by atoms with E-state index < -0.39 is 0 Å². The average Bonchev–Trinajstić information content (AvgIpc) is 2.83. The normalized spacial score (nSPS) is 18.0. The number of hydrogen-bond acceptors (Lipinski definition) is 6. The minimum atomic E-state index is 0.0595. The maximum Gasteiger partial charge on any atom is 0.225 e. The molecule has 0 spiro atoms. The molecule has 3 aromatic rings. The number of anilines is 2. The van der Waals surface area contributed by atoms with E-state index in [1.807, 2.05) is 61.5 Å². The maximum absolute atomic E-state index is 12.4. The predicted molar refractivity (Wildman–Crippen MR) is 133 cm³/mol. The molecule has 0 aliphatic heterocycles. The van der Waals surface area contributed by atoms with Crippen LogP contribution < -0.4 is 20.3 Å². The number of hydrogen-bond donors (Lipinski definition) is 2. The van der Waals surface area contributed by atoms with Crippen LogP contribution in [0.5, 0.6) is 5.75 Å². The molecule has 0 unspecified atom stereocenters. The second-order valence-electron chi connectivity index (χ2n) is 8.98. The molecule has 2 aromatic carbocycles.